The molecule has 22 heavy (non-hydrogen) atoms. The first-order valence-corrected chi connectivity index (χ1v) is 8.98. The molecule has 2 aliphatic rings. The number of carboxylic acids is 1. The Hall–Kier alpha value is -1.32. The summed E-state index contributed by atoms with van der Waals surface area (Å²) < 4.78 is 37.7. The van der Waals surface area contributed by atoms with Crippen molar-refractivity contribution < 1.29 is 27.8 Å². The van der Waals surface area contributed by atoms with Gasteiger partial charge in [-0.2, -0.15) is 4.31 Å². The summed E-state index contributed by atoms with van der Waals surface area (Å²) in [4.78, 5) is 11.2. The van der Waals surface area contributed by atoms with Gasteiger partial charge in [-0.15, -0.1) is 0 Å². The van der Waals surface area contributed by atoms with E-state index in [-0.39, 0.29) is 11.4 Å². The lowest BCUT2D eigenvalue weighted by atomic mass is 10.2. The monoisotopic (exact) mass is 391 g/mol. The van der Waals surface area contributed by atoms with E-state index in [0.717, 1.165) is 4.31 Å². The zero-order valence-corrected chi connectivity index (χ0v) is 13.9. The number of carbonyl (C=O) groups is 1. The third kappa shape index (κ3) is 2.57. The molecule has 2 aliphatic heterocycles. The Morgan fingerprint density at radius 1 is 1.27 bits per heavy atom. The van der Waals surface area contributed by atoms with Crippen LogP contribution in [0.4, 0.5) is 0 Å². The largest absolute Gasteiger partial charge is 0.486 e. The van der Waals surface area contributed by atoms with Gasteiger partial charge < -0.3 is 14.6 Å². The molecule has 1 atom stereocenters. The minimum Gasteiger partial charge on any atom is -0.486 e. The number of hydrogen-bond acceptors (Lipinski definition) is 5. The molecule has 1 aromatic rings. The van der Waals surface area contributed by atoms with Crippen LogP contribution in [0.2, 0.25) is 0 Å². The number of benzene rings is 1. The number of rotatable bonds is 3. The number of carboxylic acid groups (broad SMARTS) is 1. The molecular weight excluding hydrogens is 378 g/mol. The lowest BCUT2D eigenvalue weighted by molar-refractivity contribution is -0.140. The predicted octanol–water partition coefficient (Wildman–Crippen LogP) is 1.46. The van der Waals surface area contributed by atoms with Gasteiger partial charge in [0.2, 0.25) is 10.0 Å². The first kappa shape index (κ1) is 15.6. The third-order valence-corrected chi connectivity index (χ3v) is 6.54. The number of fused-ring (bicyclic) bond motifs is 1. The maximum absolute atomic E-state index is 12.8. The summed E-state index contributed by atoms with van der Waals surface area (Å²) in [6.07, 6.45) is 0.842. The summed E-state index contributed by atoms with van der Waals surface area (Å²) in [7, 11) is -3.93. The second-order valence-electron chi connectivity index (χ2n) is 5.04. The van der Waals surface area contributed by atoms with Crippen molar-refractivity contribution in [3.05, 3.63) is 16.6 Å². The highest BCUT2D eigenvalue weighted by Gasteiger charge is 2.40. The van der Waals surface area contributed by atoms with Crippen LogP contribution in [0.15, 0.2) is 21.5 Å². The Labute approximate surface area is 136 Å². The van der Waals surface area contributed by atoms with E-state index in [1.807, 2.05) is 0 Å². The van der Waals surface area contributed by atoms with Gasteiger partial charge >= 0.3 is 5.97 Å². The molecule has 3 rings (SSSR count). The Morgan fingerprint density at radius 2 is 1.91 bits per heavy atom. The van der Waals surface area contributed by atoms with Gasteiger partial charge in [-0.3, -0.25) is 4.79 Å². The topological polar surface area (TPSA) is 93.1 Å². The van der Waals surface area contributed by atoms with Gasteiger partial charge in [0, 0.05) is 17.1 Å². The normalized spacial score (nSPS) is 21.8. The number of aliphatic carboxylic acids is 1. The number of halogens is 1. The van der Waals surface area contributed by atoms with Crippen LogP contribution in [0, 0.1) is 0 Å². The molecule has 0 spiro atoms. The highest BCUT2D eigenvalue weighted by molar-refractivity contribution is 9.10. The average Bonchev–Trinajstić information content (AvgIpc) is 2.96. The molecular formula is C13H14BrNO6S. The maximum atomic E-state index is 12.8. The first-order valence-electron chi connectivity index (χ1n) is 6.75. The maximum Gasteiger partial charge on any atom is 0.322 e. The van der Waals surface area contributed by atoms with Crippen LogP contribution in [0.1, 0.15) is 12.8 Å². The Morgan fingerprint density at radius 3 is 2.55 bits per heavy atom. The zero-order valence-electron chi connectivity index (χ0n) is 11.5. The van der Waals surface area contributed by atoms with Crippen LogP contribution in [-0.2, 0) is 14.8 Å². The van der Waals surface area contributed by atoms with Crippen molar-refractivity contribution in [3.8, 4) is 11.5 Å². The van der Waals surface area contributed by atoms with Gasteiger partial charge in [-0.05, 0) is 34.8 Å². The fourth-order valence-electron chi connectivity index (χ4n) is 2.64. The summed E-state index contributed by atoms with van der Waals surface area (Å²) >= 11 is 3.23. The standard InChI is InChI=1S/C13H14BrNO6S/c14-8-6-10-11(21-5-4-20-10)7-12(8)22(18,19)15-3-1-2-9(15)13(16)17/h6-7,9H,1-5H2,(H,16,17). The minimum atomic E-state index is -3.93. The number of sulfonamides is 1. The lowest BCUT2D eigenvalue weighted by Gasteiger charge is -2.24. The molecule has 9 heteroatoms. The molecule has 0 amide bonds. The third-order valence-electron chi connectivity index (χ3n) is 3.67. The fourth-order valence-corrected chi connectivity index (χ4v) is 5.29. The van der Waals surface area contributed by atoms with E-state index in [2.05, 4.69) is 15.9 Å². The molecule has 0 aromatic heterocycles. The van der Waals surface area contributed by atoms with Gasteiger partial charge in [0.15, 0.2) is 11.5 Å². The van der Waals surface area contributed by atoms with Crippen LogP contribution in [-0.4, -0.2) is 49.6 Å². The Kier molecular flexibility index (Phi) is 4.04. The van der Waals surface area contributed by atoms with E-state index in [1.165, 1.54) is 12.1 Å². The smallest absolute Gasteiger partial charge is 0.322 e. The molecule has 0 bridgehead atoms. The number of ether oxygens (including phenoxy) is 2. The molecule has 1 N–H and O–H groups in total. The van der Waals surface area contributed by atoms with E-state index in [1.54, 1.807) is 0 Å². The lowest BCUT2D eigenvalue weighted by Crippen LogP contribution is -2.40. The molecule has 0 aliphatic carbocycles. The van der Waals surface area contributed by atoms with Gasteiger partial charge in [-0.1, -0.05) is 0 Å². The van der Waals surface area contributed by atoms with Gasteiger partial charge in [0.05, 0.1) is 0 Å². The van der Waals surface area contributed by atoms with E-state index >= 15 is 0 Å². The highest BCUT2D eigenvalue weighted by Crippen LogP contribution is 2.39. The Bertz CT molecular complexity index is 719. The summed E-state index contributed by atoms with van der Waals surface area (Å²) in [6.45, 7) is 0.939. The molecule has 1 unspecified atom stereocenters. The second kappa shape index (κ2) is 5.71. The molecule has 2 heterocycles. The van der Waals surface area contributed by atoms with Crippen LogP contribution in [0.3, 0.4) is 0 Å². The molecule has 0 radical (unpaired) electrons. The van der Waals surface area contributed by atoms with E-state index < -0.39 is 22.0 Å². The van der Waals surface area contributed by atoms with Crippen molar-refractivity contribution >= 4 is 31.9 Å². The summed E-state index contributed by atoms with van der Waals surface area (Å²) in [5.41, 5.74) is 0. The van der Waals surface area contributed by atoms with Crippen molar-refractivity contribution in [2.24, 2.45) is 0 Å². The summed E-state index contributed by atoms with van der Waals surface area (Å²) in [5.74, 6) is -0.317. The van der Waals surface area contributed by atoms with Crippen molar-refractivity contribution in [2.75, 3.05) is 19.8 Å². The molecule has 0 saturated carbocycles. The van der Waals surface area contributed by atoms with Crippen LogP contribution >= 0.6 is 15.9 Å². The van der Waals surface area contributed by atoms with E-state index in [4.69, 9.17) is 9.47 Å². The molecule has 1 aromatic carbocycles. The second-order valence-corrected chi connectivity index (χ2v) is 7.75. The van der Waals surface area contributed by atoms with E-state index in [0.29, 0.717) is 42.0 Å². The van der Waals surface area contributed by atoms with Crippen molar-refractivity contribution in [1.82, 2.24) is 4.31 Å². The molecule has 120 valence electrons. The fraction of sp³-hybridized carbons (Fsp3) is 0.462. The number of hydrogen-bond donors (Lipinski definition) is 1. The van der Waals surface area contributed by atoms with Crippen molar-refractivity contribution in [2.45, 2.75) is 23.8 Å². The quantitative estimate of drug-likeness (QED) is 0.837. The van der Waals surface area contributed by atoms with Crippen LogP contribution in [0.25, 0.3) is 0 Å². The predicted molar refractivity (Wildman–Crippen MR) is 79.7 cm³/mol. The van der Waals surface area contributed by atoms with Gasteiger partial charge in [0.25, 0.3) is 0 Å². The van der Waals surface area contributed by atoms with Crippen LogP contribution in [0.5, 0.6) is 11.5 Å². The first-order chi connectivity index (χ1) is 10.4. The minimum absolute atomic E-state index is 0.00935. The number of nitrogens with zero attached hydrogens (tertiary/aromatic N) is 1. The van der Waals surface area contributed by atoms with Crippen molar-refractivity contribution in [3.63, 3.8) is 0 Å². The van der Waals surface area contributed by atoms with E-state index in [9.17, 15) is 18.3 Å². The zero-order chi connectivity index (χ0) is 15.9. The molecule has 1 fully saturated rings. The average molecular weight is 392 g/mol. The van der Waals surface area contributed by atoms with Gasteiger partial charge in [-0.25, -0.2) is 8.42 Å². The van der Waals surface area contributed by atoms with Crippen molar-refractivity contribution in [1.29, 1.82) is 0 Å². The summed E-state index contributed by atoms with van der Waals surface area (Å²) in [6, 6.07) is 1.89. The molecule has 1 saturated heterocycles. The van der Waals surface area contributed by atoms with Crippen LogP contribution < -0.4 is 9.47 Å². The SMILES string of the molecule is O=C(O)C1CCCN1S(=O)(=O)c1cc2c(cc1Br)OCCO2. The summed E-state index contributed by atoms with van der Waals surface area (Å²) in [5, 5.41) is 9.19. The van der Waals surface area contributed by atoms with Gasteiger partial charge in [0.1, 0.15) is 24.2 Å². The Balaban J connectivity index is 2.04. The molecule has 7 nitrogen and oxygen atoms in total. The highest BCUT2D eigenvalue weighted by atomic mass is 79.9.